The number of ether oxygens (including phenoxy) is 2. The van der Waals surface area contributed by atoms with Crippen LogP contribution in [0.4, 0.5) is 13.2 Å². The first-order valence-corrected chi connectivity index (χ1v) is 4.78. The maximum absolute atomic E-state index is 13.4. The Morgan fingerprint density at radius 3 is 2.29 bits per heavy atom. The van der Waals surface area contributed by atoms with Crippen molar-refractivity contribution in [3.8, 4) is 23.0 Å². The topological polar surface area (TPSA) is 18.5 Å². The summed E-state index contributed by atoms with van der Waals surface area (Å²) < 4.78 is 50.0. The van der Waals surface area contributed by atoms with E-state index in [-0.39, 0.29) is 23.0 Å². The lowest BCUT2D eigenvalue weighted by atomic mass is 10.2. The van der Waals surface area contributed by atoms with Crippen LogP contribution in [0.3, 0.4) is 0 Å². The molecule has 86 valence electrons. The van der Waals surface area contributed by atoms with Crippen LogP contribution in [0, 0.1) is 17.5 Å². The molecule has 0 unspecified atom stereocenters. The molecule has 0 spiro atoms. The lowest BCUT2D eigenvalue weighted by Crippen LogP contribution is -2.03. The Hall–Kier alpha value is -2.17. The number of halogens is 3. The van der Waals surface area contributed by atoms with Crippen molar-refractivity contribution < 1.29 is 22.6 Å². The standard InChI is InChI=1S/C12H5F3O2/c13-6-4-8(15)12-10(5-6)17-11-7(14)2-1-3-9(11)16-12/h1-5H. The smallest absolute Gasteiger partial charge is 0.205 e. The van der Waals surface area contributed by atoms with E-state index in [0.29, 0.717) is 6.07 Å². The molecule has 0 atom stereocenters. The van der Waals surface area contributed by atoms with Gasteiger partial charge in [-0.25, -0.2) is 13.2 Å². The number of hydrogen-bond acceptors (Lipinski definition) is 2. The molecule has 2 aromatic rings. The molecule has 2 nitrogen and oxygen atoms in total. The molecule has 1 heterocycles. The minimum Gasteiger partial charge on any atom is -0.446 e. The molecule has 0 fully saturated rings. The average molecular weight is 238 g/mol. The molecule has 0 radical (unpaired) electrons. The first-order chi connectivity index (χ1) is 8.15. The number of para-hydroxylation sites is 1. The predicted octanol–water partition coefficient (Wildman–Crippen LogP) is 4.00. The van der Waals surface area contributed by atoms with E-state index in [0.717, 1.165) is 6.07 Å². The molecule has 0 amide bonds. The van der Waals surface area contributed by atoms with Crippen molar-refractivity contribution in [2.45, 2.75) is 0 Å². The number of hydrogen-bond donors (Lipinski definition) is 0. The number of rotatable bonds is 0. The summed E-state index contributed by atoms with van der Waals surface area (Å²) in [7, 11) is 0. The Morgan fingerprint density at radius 2 is 1.47 bits per heavy atom. The summed E-state index contributed by atoms with van der Waals surface area (Å²) in [6, 6.07) is 5.62. The van der Waals surface area contributed by atoms with Crippen molar-refractivity contribution in [2.75, 3.05) is 0 Å². The van der Waals surface area contributed by atoms with Gasteiger partial charge in [-0.2, -0.15) is 0 Å². The number of fused-ring (bicyclic) bond motifs is 2. The Balaban J connectivity index is 2.17. The Labute approximate surface area is 94.2 Å². The van der Waals surface area contributed by atoms with E-state index >= 15 is 0 Å². The van der Waals surface area contributed by atoms with Gasteiger partial charge in [0.15, 0.2) is 23.1 Å². The van der Waals surface area contributed by atoms with Crippen molar-refractivity contribution in [2.24, 2.45) is 0 Å². The van der Waals surface area contributed by atoms with Crippen molar-refractivity contribution in [3.63, 3.8) is 0 Å². The van der Waals surface area contributed by atoms with Crippen LogP contribution in [0.25, 0.3) is 0 Å². The van der Waals surface area contributed by atoms with Crippen molar-refractivity contribution in [1.82, 2.24) is 0 Å². The summed E-state index contributed by atoms with van der Waals surface area (Å²) in [5.41, 5.74) is 0. The first kappa shape index (κ1) is 10.0. The van der Waals surface area contributed by atoms with Gasteiger partial charge < -0.3 is 9.47 Å². The van der Waals surface area contributed by atoms with Crippen LogP contribution in [0.15, 0.2) is 30.3 Å². The van der Waals surface area contributed by atoms with E-state index in [1.54, 1.807) is 0 Å². The molecule has 3 rings (SSSR count). The first-order valence-electron chi connectivity index (χ1n) is 4.78. The monoisotopic (exact) mass is 238 g/mol. The molecule has 2 aromatic carbocycles. The van der Waals surface area contributed by atoms with E-state index < -0.39 is 17.5 Å². The fourth-order valence-electron chi connectivity index (χ4n) is 1.60. The minimum atomic E-state index is -0.894. The fraction of sp³-hybridized carbons (Fsp3) is 0. The highest BCUT2D eigenvalue weighted by Crippen LogP contribution is 2.47. The molecule has 0 bridgehead atoms. The molecule has 1 aliphatic rings. The summed E-state index contributed by atoms with van der Waals surface area (Å²) >= 11 is 0. The molecular weight excluding hydrogens is 233 g/mol. The summed E-state index contributed by atoms with van der Waals surface area (Å²) in [6.07, 6.45) is 0. The SMILES string of the molecule is Fc1cc(F)c2c(c1)Oc1c(F)cccc1O2. The minimum absolute atomic E-state index is 0.0583. The highest BCUT2D eigenvalue weighted by molar-refractivity contribution is 5.55. The molecule has 0 saturated carbocycles. The lowest BCUT2D eigenvalue weighted by molar-refractivity contribution is 0.325. The quantitative estimate of drug-likeness (QED) is 0.589. The molecule has 17 heavy (non-hydrogen) atoms. The van der Waals surface area contributed by atoms with Gasteiger partial charge >= 0.3 is 0 Å². The van der Waals surface area contributed by atoms with Gasteiger partial charge in [-0.1, -0.05) is 6.07 Å². The van der Waals surface area contributed by atoms with Gasteiger partial charge in [0.05, 0.1) is 0 Å². The highest BCUT2D eigenvalue weighted by atomic mass is 19.1. The van der Waals surface area contributed by atoms with E-state index in [9.17, 15) is 13.2 Å². The molecule has 0 aromatic heterocycles. The van der Waals surface area contributed by atoms with Crippen LogP contribution < -0.4 is 9.47 Å². The van der Waals surface area contributed by atoms with Gasteiger partial charge in [-0.3, -0.25) is 0 Å². The van der Waals surface area contributed by atoms with E-state index in [1.807, 2.05) is 0 Å². The van der Waals surface area contributed by atoms with Gasteiger partial charge in [0.1, 0.15) is 5.82 Å². The fourth-order valence-corrected chi connectivity index (χ4v) is 1.60. The summed E-state index contributed by atoms with van der Waals surface area (Å²) in [5, 5.41) is 0. The van der Waals surface area contributed by atoms with Crippen LogP contribution in [0.5, 0.6) is 23.0 Å². The van der Waals surface area contributed by atoms with Crippen LogP contribution in [-0.2, 0) is 0 Å². The lowest BCUT2D eigenvalue weighted by Gasteiger charge is -2.20. The summed E-state index contributed by atoms with van der Waals surface area (Å²) in [6.45, 7) is 0. The third-order valence-corrected chi connectivity index (χ3v) is 2.33. The molecule has 5 heteroatoms. The number of benzene rings is 2. The zero-order valence-electron chi connectivity index (χ0n) is 8.34. The van der Waals surface area contributed by atoms with Crippen LogP contribution in [-0.4, -0.2) is 0 Å². The van der Waals surface area contributed by atoms with Crippen molar-refractivity contribution in [1.29, 1.82) is 0 Å². The zero-order chi connectivity index (χ0) is 12.0. The predicted molar refractivity (Wildman–Crippen MR) is 52.9 cm³/mol. The van der Waals surface area contributed by atoms with E-state index in [1.165, 1.54) is 18.2 Å². The Bertz CT molecular complexity index is 611. The molecule has 0 N–H and O–H groups in total. The van der Waals surface area contributed by atoms with Gasteiger partial charge in [0.2, 0.25) is 11.5 Å². The third kappa shape index (κ3) is 1.51. The largest absolute Gasteiger partial charge is 0.446 e. The molecule has 0 aliphatic carbocycles. The summed E-state index contributed by atoms with van der Waals surface area (Å²) in [4.78, 5) is 0. The van der Waals surface area contributed by atoms with E-state index in [2.05, 4.69) is 0 Å². The molecule has 1 aliphatic heterocycles. The van der Waals surface area contributed by atoms with Crippen molar-refractivity contribution >= 4 is 0 Å². The van der Waals surface area contributed by atoms with E-state index in [4.69, 9.17) is 9.47 Å². The Kier molecular flexibility index (Phi) is 2.01. The van der Waals surface area contributed by atoms with Crippen LogP contribution in [0.1, 0.15) is 0 Å². The van der Waals surface area contributed by atoms with Gasteiger partial charge in [-0.05, 0) is 12.1 Å². The average Bonchev–Trinajstić information content (AvgIpc) is 2.28. The second-order valence-electron chi connectivity index (χ2n) is 3.49. The van der Waals surface area contributed by atoms with Crippen LogP contribution in [0.2, 0.25) is 0 Å². The maximum Gasteiger partial charge on any atom is 0.205 e. The van der Waals surface area contributed by atoms with Crippen molar-refractivity contribution in [3.05, 3.63) is 47.8 Å². The second-order valence-corrected chi connectivity index (χ2v) is 3.49. The highest BCUT2D eigenvalue weighted by Gasteiger charge is 2.25. The normalized spacial score (nSPS) is 12.2. The second kappa shape index (κ2) is 3.41. The third-order valence-electron chi connectivity index (χ3n) is 2.33. The molecular formula is C12H5F3O2. The van der Waals surface area contributed by atoms with Gasteiger partial charge in [-0.15, -0.1) is 0 Å². The maximum atomic E-state index is 13.4. The van der Waals surface area contributed by atoms with Gasteiger partial charge in [0, 0.05) is 12.1 Å². The Morgan fingerprint density at radius 1 is 0.765 bits per heavy atom. The molecule has 0 saturated heterocycles. The zero-order valence-corrected chi connectivity index (χ0v) is 8.34. The van der Waals surface area contributed by atoms with Crippen LogP contribution >= 0.6 is 0 Å². The van der Waals surface area contributed by atoms with Gasteiger partial charge in [0.25, 0.3) is 0 Å². The summed E-state index contributed by atoms with van der Waals surface area (Å²) in [5.74, 6) is -2.91.